The minimum Gasteiger partial charge on any atom is -0.572 e. The van der Waals surface area contributed by atoms with Crippen molar-refractivity contribution in [2.45, 2.75) is 23.6 Å². The first-order chi connectivity index (χ1) is 25.8. The molecule has 10 nitrogen and oxygen atoms in total. The van der Waals surface area contributed by atoms with Crippen LogP contribution in [0.5, 0.6) is 0 Å². The van der Waals surface area contributed by atoms with E-state index in [-0.39, 0.29) is 52.4 Å². The number of aromatic nitrogens is 2. The first-order valence-electron chi connectivity index (χ1n) is 16.2. The van der Waals surface area contributed by atoms with Gasteiger partial charge in [-0.05, 0) is 86.6 Å². The largest absolute Gasteiger partial charge is 2.00 e. The number of rotatable bonds is 8. The number of hydrogen-bond acceptors (Lipinski definition) is 8. The molecule has 8 rings (SSSR count). The molecule has 2 aromatic heterocycles. The summed E-state index contributed by atoms with van der Waals surface area (Å²) >= 11 is 12.2. The molecular weight excluding hydrogens is 833 g/mol. The van der Waals surface area contributed by atoms with E-state index in [2.05, 4.69) is 19.4 Å². The van der Waals surface area contributed by atoms with Crippen molar-refractivity contribution in [2.24, 2.45) is 0 Å². The molecule has 0 fully saturated rings. The first kappa shape index (κ1) is 39.7. The Labute approximate surface area is 340 Å². The van der Waals surface area contributed by atoms with Gasteiger partial charge in [0.25, 0.3) is 0 Å². The van der Waals surface area contributed by atoms with Gasteiger partial charge in [-0.2, -0.15) is 0 Å². The van der Waals surface area contributed by atoms with Crippen molar-refractivity contribution in [3.8, 4) is 22.9 Å². The van der Waals surface area contributed by atoms with Gasteiger partial charge in [-0.25, -0.2) is 26.8 Å². The summed E-state index contributed by atoms with van der Waals surface area (Å²) in [7, 11) is -7.78. The summed E-state index contributed by atoms with van der Waals surface area (Å²) < 4.78 is 70.3. The van der Waals surface area contributed by atoms with E-state index < -0.39 is 20.0 Å². The van der Waals surface area contributed by atoms with Gasteiger partial charge in [0.05, 0.1) is 9.79 Å². The van der Waals surface area contributed by atoms with E-state index in [0.29, 0.717) is 43.4 Å². The number of aryl methyl sites for hydroxylation is 2. The molecule has 0 amide bonds. The molecule has 0 unspecified atom stereocenters. The number of para-hydroxylation sites is 4. The van der Waals surface area contributed by atoms with Crippen LogP contribution in [0, 0.1) is 13.8 Å². The Balaban J connectivity index is 0.000000184. The van der Waals surface area contributed by atoms with Crippen molar-refractivity contribution < 1.29 is 45.1 Å². The maximum absolute atomic E-state index is 12.7. The van der Waals surface area contributed by atoms with Gasteiger partial charge < -0.3 is 18.3 Å². The minimum absolute atomic E-state index is 0. The third-order valence-electron chi connectivity index (χ3n) is 8.04. The van der Waals surface area contributed by atoms with Gasteiger partial charge in [-0.3, -0.25) is 0 Å². The topological polar surface area (TPSA) is 149 Å². The van der Waals surface area contributed by atoms with Crippen LogP contribution < -0.4 is 0 Å². The predicted octanol–water partition coefficient (Wildman–Crippen LogP) is 11.7. The van der Waals surface area contributed by atoms with Gasteiger partial charge >= 0.3 is 19.5 Å². The minimum atomic E-state index is -3.89. The molecule has 8 aromatic rings. The van der Waals surface area contributed by atoms with E-state index in [0.717, 1.165) is 11.1 Å². The van der Waals surface area contributed by atoms with Crippen LogP contribution in [-0.2, 0) is 39.5 Å². The Morgan fingerprint density at radius 3 is 1.24 bits per heavy atom. The molecule has 0 aliphatic heterocycles. The number of sulfonamides is 2. The Morgan fingerprint density at radius 2 is 0.873 bits per heavy atom. The van der Waals surface area contributed by atoms with Gasteiger partial charge in [0.1, 0.15) is 31.1 Å². The summed E-state index contributed by atoms with van der Waals surface area (Å²) in [6, 6.07) is 37.0. The molecule has 0 aliphatic rings. The fraction of sp³-hybridized carbons (Fsp3) is 0.0500. The Morgan fingerprint density at radius 1 is 0.509 bits per heavy atom. The maximum atomic E-state index is 12.7. The molecule has 0 aliphatic carbocycles. The van der Waals surface area contributed by atoms with Crippen LogP contribution in [-0.4, -0.2) is 26.8 Å². The van der Waals surface area contributed by atoms with E-state index in [1.807, 2.05) is 50.2 Å². The SMILES string of the molecule is Cc1ccc(S(=O)(=O)[N-]c2ccc(Cl)cc2-c2nc3ccccc3o2)cc1.Cc1ccc(S(=O)(=O)[N-]c2ccc(Cl)cc2-c2nc3ccccc3o2)cc1.[Zn+2]. The monoisotopic (exact) mass is 858 g/mol. The van der Waals surface area contributed by atoms with Crippen molar-refractivity contribution in [1.29, 1.82) is 0 Å². The summed E-state index contributed by atoms with van der Waals surface area (Å²) in [6.45, 7) is 3.77. The summed E-state index contributed by atoms with van der Waals surface area (Å²) in [5.74, 6) is 0.521. The van der Waals surface area contributed by atoms with Crippen molar-refractivity contribution in [3.63, 3.8) is 0 Å². The average Bonchev–Trinajstić information content (AvgIpc) is 3.79. The third-order valence-corrected chi connectivity index (χ3v) is 11.1. The fourth-order valence-corrected chi connectivity index (χ4v) is 7.63. The third kappa shape index (κ3) is 9.10. The fourth-order valence-electron chi connectivity index (χ4n) is 5.28. The maximum Gasteiger partial charge on any atom is 2.00 e. The first-order valence-corrected chi connectivity index (χ1v) is 19.9. The van der Waals surface area contributed by atoms with E-state index in [9.17, 15) is 16.8 Å². The van der Waals surface area contributed by atoms with E-state index >= 15 is 0 Å². The van der Waals surface area contributed by atoms with Gasteiger partial charge in [0.15, 0.2) is 11.2 Å². The van der Waals surface area contributed by atoms with Crippen LogP contribution in [0.2, 0.25) is 10.0 Å². The number of halogens is 2. The molecule has 0 atom stereocenters. The summed E-state index contributed by atoms with van der Waals surface area (Å²) in [4.78, 5) is 9.07. The summed E-state index contributed by atoms with van der Waals surface area (Å²) in [5.41, 5.74) is 5.71. The molecular formula is C40H28Cl2N4O6S2Zn. The van der Waals surface area contributed by atoms with Crippen molar-refractivity contribution in [2.75, 3.05) is 0 Å². The average molecular weight is 861 g/mol. The molecule has 55 heavy (non-hydrogen) atoms. The Bertz CT molecular complexity index is 2600. The quantitative estimate of drug-likeness (QED) is 0.137. The van der Waals surface area contributed by atoms with Crippen LogP contribution in [0.4, 0.5) is 11.4 Å². The van der Waals surface area contributed by atoms with Crippen LogP contribution in [0.25, 0.3) is 54.6 Å². The molecule has 0 saturated carbocycles. The van der Waals surface area contributed by atoms with Gasteiger partial charge in [-0.1, -0.05) is 95.0 Å². The number of hydrogen-bond donors (Lipinski definition) is 0. The molecule has 6 aromatic carbocycles. The molecule has 2 heterocycles. The molecule has 0 N–H and O–H groups in total. The van der Waals surface area contributed by atoms with Crippen LogP contribution >= 0.6 is 23.2 Å². The summed E-state index contributed by atoms with van der Waals surface area (Å²) in [5, 5.41) is 0.859. The molecule has 0 spiro atoms. The predicted molar refractivity (Wildman–Crippen MR) is 212 cm³/mol. The van der Waals surface area contributed by atoms with Gasteiger partial charge in [0.2, 0.25) is 11.8 Å². The van der Waals surface area contributed by atoms with E-state index in [1.165, 1.54) is 36.4 Å². The van der Waals surface area contributed by atoms with Crippen molar-refractivity contribution in [3.05, 3.63) is 164 Å². The van der Waals surface area contributed by atoms with E-state index in [4.69, 9.17) is 32.0 Å². The van der Waals surface area contributed by atoms with Crippen molar-refractivity contribution >= 4 is 76.8 Å². The second-order valence-electron chi connectivity index (χ2n) is 12.1. The number of fused-ring (bicyclic) bond motifs is 2. The second kappa shape index (κ2) is 16.4. The van der Waals surface area contributed by atoms with Crippen LogP contribution in [0.15, 0.2) is 152 Å². The van der Waals surface area contributed by atoms with Crippen LogP contribution in [0.3, 0.4) is 0 Å². The van der Waals surface area contributed by atoms with Crippen LogP contribution in [0.1, 0.15) is 11.1 Å². The zero-order valence-corrected chi connectivity index (χ0v) is 35.3. The molecule has 0 saturated heterocycles. The van der Waals surface area contributed by atoms with Gasteiger partial charge in [-0.15, -0.1) is 11.4 Å². The second-order valence-corrected chi connectivity index (χ2v) is 16.1. The molecule has 272 valence electrons. The molecule has 0 radical (unpaired) electrons. The van der Waals surface area contributed by atoms with E-state index in [1.54, 1.807) is 60.7 Å². The number of nitrogens with zero attached hydrogens (tertiary/aromatic N) is 4. The van der Waals surface area contributed by atoms with Gasteiger partial charge in [0, 0.05) is 21.2 Å². The summed E-state index contributed by atoms with van der Waals surface area (Å²) in [6.07, 6.45) is 0. The number of oxazole rings is 2. The smallest absolute Gasteiger partial charge is 0.572 e. The Kier molecular flexibility index (Phi) is 11.8. The molecule has 0 bridgehead atoms. The normalized spacial score (nSPS) is 11.4. The molecule has 15 heteroatoms. The zero-order chi connectivity index (χ0) is 38.0. The number of benzene rings is 6. The standard InChI is InChI=1S/2C20H14ClN2O3S.Zn/c2*1-13-6-9-15(10-7-13)27(24,25)23-17-11-8-14(21)12-16(17)20-22-18-4-2-3-5-19(18)26-20;/h2*2-12H,1H3;/q2*-1;+2. The Hall–Kier alpha value is -5.04. The van der Waals surface area contributed by atoms with Crippen molar-refractivity contribution in [1.82, 2.24) is 9.97 Å². The zero-order valence-electron chi connectivity index (χ0n) is 29.2.